The zero-order valence-corrected chi connectivity index (χ0v) is 16.0. The van der Waals surface area contributed by atoms with E-state index in [1.54, 1.807) is 18.2 Å². The molecule has 0 radical (unpaired) electrons. The van der Waals surface area contributed by atoms with Gasteiger partial charge in [0.1, 0.15) is 12.7 Å². The van der Waals surface area contributed by atoms with Crippen LogP contribution in [0.1, 0.15) is 22.4 Å². The molecule has 0 unspecified atom stereocenters. The number of aromatic amines is 1. The highest BCUT2D eigenvalue weighted by molar-refractivity contribution is 5.82. The molecule has 0 amide bonds. The molecule has 30 heavy (non-hydrogen) atoms. The van der Waals surface area contributed by atoms with E-state index in [2.05, 4.69) is 21.0 Å². The van der Waals surface area contributed by atoms with Gasteiger partial charge in [0.15, 0.2) is 0 Å². The van der Waals surface area contributed by atoms with Gasteiger partial charge < -0.3 is 14.5 Å². The summed E-state index contributed by atoms with van der Waals surface area (Å²) in [6.45, 7) is 1.25. The summed E-state index contributed by atoms with van der Waals surface area (Å²) in [5.41, 5.74) is 3.58. The van der Waals surface area contributed by atoms with E-state index in [4.69, 9.17) is 9.47 Å². The first-order chi connectivity index (χ1) is 14.7. The highest BCUT2D eigenvalue weighted by atomic mass is 16.5. The first-order valence-corrected chi connectivity index (χ1v) is 9.53. The molecule has 8 heteroatoms. The van der Waals surface area contributed by atoms with E-state index in [1.807, 2.05) is 30.3 Å². The lowest BCUT2D eigenvalue weighted by Gasteiger charge is -2.19. The van der Waals surface area contributed by atoms with Crippen molar-refractivity contribution in [3.05, 3.63) is 81.4 Å². The SMILES string of the molecule is N#Cc1cccc2c1[nH]c(=O)n2-c1nc2c(c(OCc3ccccc3)n1)COCC2. The van der Waals surface area contributed by atoms with Gasteiger partial charge >= 0.3 is 5.69 Å². The Bertz CT molecular complexity index is 1330. The minimum Gasteiger partial charge on any atom is -0.472 e. The van der Waals surface area contributed by atoms with Gasteiger partial charge in [0, 0.05) is 6.42 Å². The van der Waals surface area contributed by atoms with Gasteiger partial charge in [-0.3, -0.25) is 0 Å². The van der Waals surface area contributed by atoms with Crippen molar-refractivity contribution in [2.24, 2.45) is 0 Å². The lowest BCUT2D eigenvalue weighted by Crippen LogP contribution is -2.21. The van der Waals surface area contributed by atoms with Gasteiger partial charge in [-0.15, -0.1) is 0 Å². The van der Waals surface area contributed by atoms with Crippen LogP contribution in [-0.2, 0) is 24.4 Å². The predicted molar refractivity (Wildman–Crippen MR) is 108 cm³/mol. The maximum atomic E-state index is 12.7. The van der Waals surface area contributed by atoms with Crippen molar-refractivity contribution in [2.75, 3.05) is 6.61 Å². The molecule has 2 aromatic carbocycles. The number of hydrogen-bond donors (Lipinski definition) is 1. The molecule has 0 saturated carbocycles. The van der Waals surface area contributed by atoms with Crippen LogP contribution in [0.4, 0.5) is 0 Å². The summed E-state index contributed by atoms with van der Waals surface area (Å²) in [7, 11) is 0. The molecule has 148 valence electrons. The van der Waals surface area contributed by atoms with E-state index in [9.17, 15) is 10.1 Å². The fourth-order valence-corrected chi connectivity index (χ4v) is 3.56. The molecule has 0 saturated heterocycles. The highest BCUT2D eigenvalue weighted by Gasteiger charge is 2.22. The number of benzene rings is 2. The third-order valence-corrected chi connectivity index (χ3v) is 5.03. The van der Waals surface area contributed by atoms with Gasteiger partial charge in [-0.2, -0.15) is 10.2 Å². The van der Waals surface area contributed by atoms with Crippen molar-refractivity contribution in [3.63, 3.8) is 0 Å². The summed E-state index contributed by atoms with van der Waals surface area (Å²) >= 11 is 0. The summed E-state index contributed by atoms with van der Waals surface area (Å²) in [6, 6.07) is 17.0. The van der Waals surface area contributed by atoms with Crippen LogP contribution in [0.15, 0.2) is 53.3 Å². The molecular weight excluding hydrogens is 382 g/mol. The number of H-pyrrole nitrogens is 1. The summed E-state index contributed by atoms with van der Waals surface area (Å²) in [4.78, 5) is 24.6. The van der Waals surface area contributed by atoms with Crippen molar-refractivity contribution in [1.82, 2.24) is 19.5 Å². The van der Waals surface area contributed by atoms with Gasteiger partial charge in [-0.1, -0.05) is 36.4 Å². The standard InChI is InChI=1S/C22H17N5O3/c23-11-15-7-4-8-18-19(15)25-22(28)27(18)21-24-17-9-10-29-13-16(17)20(26-21)30-12-14-5-2-1-3-6-14/h1-8H,9-10,12-13H2,(H,25,28). The Balaban J connectivity index is 1.63. The Labute approximate surface area is 171 Å². The largest absolute Gasteiger partial charge is 0.472 e. The summed E-state index contributed by atoms with van der Waals surface area (Å²) in [6.07, 6.45) is 0.604. The lowest BCUT2D eigenvalue weighted by atomic mass is 10.1. The molecule has 0 spiro atoms. The topological polar surface area (TPSA) is 106 Å². The smallest absolute Gasteiger partial charge is 0.333 e. The summed E-state index contributed by atoms with van der Waals surface area (Å²) < 4.78 is 13.0. The fraction of sp³-hybridized carbons (Fsp3) is 0.182. The van der Waals surface area contributed by atoms with Crippen LogP contribution in [0, 0.1) is 11.3 Å². The van der Waals surface area contributed by atoms with Crippen LogP contribution >= 0.6 is 0 Å². The first-order valence-electron chi connectivity index (χ1n) is 9.53. The molecular formula is C22H17N5O3. The summed E-state index contributed by atoms with van der Waals surface area (Å²) in [5.74, 6) is 0.612. The number of aromatic nitrogens is 4. The van der Waals surface area contributed by atoms with E-state index >= 15 is 0 Å². The molecule has 2 aromatic heterocycles. The van der Waals surface area contributed by atoms with Gasteiger partial charge in [-0.25, -0.2) is 14.3 Å². The van der Waals surface area contributed by atoms with E-state index < -0.39 is 5.69 Å². The first kappa shape index (κ1) is 18.1. The second-order valence-corrected chi connectivity index (χ2v) is 6.91. The number of ether oxygens (including phenoxy) is 2. The van der Waals surface area contributed by atoms with Crippen LogP contribution in [-0.4, -0.2) is 26.1 Å². The number of nitrogens with one attached hydrogen (secondary N) is 1. The normalized spacial score (nSPS) is 13.0. The maximum absolute atomic E-state index is 12.7. The maximum Gasteiger partial charge on any atom is 0.333 e. The Morgan fingerprint density at radius 3 is 2.87 bits per heavy atom. The molecule has 4 aromatic rings. The average molecular weight is 399 g/mol. The number of rotatable bonds is 4. The monoisotopic (exact) mass is 399 g/mol. The predicted octanol–water partition coefficient (Wildman–Crippen LogP) is 2.63. The Kier molecular flexibility index (Phi) is 4.50. The van der Waals surface area contributed by atoms with Gasteiger partial charge in [0.05, 0.1) is 41.1 Å². The van der Waals surface area contributed by atoms with Crippen molar-refractivity contribution in [1.29, 1.82) is 5.26 Å². The van der Waals surface area contributed by atoms with Crippen LogP contribution in [0.5, 0.6) is 5.88 Å². The molecule has 5 rings (SSSR count). The Hall–Kier alpha value is -3.96. The third-order valence-electron chi connectivity index (χ3n) is 5.03. The number of hydrogen-bond acceptors (Lipinski definition) is 6. The minimum atomic E-state index is -0.409. The van der Waals surface area contributed by atoms with Crippen molar-refractivity contribution in [2.45, 2.75) is 19.6 Å². The molecule has 0 bridgehead atoms. The van der Waals surface area contributed by atoms with Crippen LogP contribution < -0.4 is 10.4 Å². The second kappa shape index (κ2) is 7.46. The number of para-hydroxylation sites is 1. The zero-order valence-electron chi connectivity index (χ0n) is 16.0. The van der Waals surface area contributed by atoms with Crippen molar-refractivity contribution >= 4 is 11.0 Å². The minimum absolute atomic E-state index is 0.213. The van der Waals surface area contributed by atoms with Gasteiger partial charge in [0.25, 0.3) is 0 Å². The van der Waals surface area contributed by atoms with E-state index in [1.165, 1.54) is 4.57 Å². The molecule has 1 aliphatic heterocycles. The zero-order chi connectivity index (χ0) is 20.5. The van der Waals surface area contributed by atoms with Crippen molar-refractivity contribution < 1.29 is 9.47 Å². The molecule has 0 atom stereocenters. The number of nitrogens with zero attached hydrogens (tertiary/aromatic N) is 4. The molecule has 3 heterocycles. The van der Waals surface area contributed by atoms with Crippen LogP contribution in [0.25, 0.3) is 17.0 Å². The second-order valence-electron chi connectivity index (χ2n) is 6.91. The molecule has 1 aliphatic rings. The summed E-state index contributed by atoms with van der Waals surface area (Å²) in [5, 5.41) is 9.34. The fourth-order valence-electron chi connectivity index (χ4n) is 3.56. The number of nitriles is 1. The van der Waals surface area contributed by atoms with E-state index in [0.29, 0.717) is 48.7 Å². The van der Waals surface area contributed by atoms with Crippen LogP contribution in [0.3, 0.4) is 0 Å². The van der Waals surface area contributed by atoms with Crippen LogP contribution in [0.2, 0.25) is 0 Å². The third kappa shape index (κ3) is 3.11. The number of fused-ring (bicyclic) bond motifs is 2. The van der Waals surface area contributed by atoms with Gasteiger partial charge in [-0.05, 0) is 17.7 Å². The van der Waals surface area contributed by atoms with Crippen molar-refractivity contribution in [3.8, 4) is 17.9 Å². The molecule has 0 aliphatic carbocycles. The molecule has 8 nitrogen and oxygen atoms in total. The van der Waals surface area contributed by atoms with Gasteiger partial charge in [0.2, 0.25) is 11.8 Å². The lowest BCUT2D eigenvalue weighted by molar-refractivity contribution is 0.104. The molecule has 1 N–H and O–H groups in total. The Morgan fingerprint density at radius 1 is 1.17 bits per heavy atom. The van der Waals surface area contributed by atoms with E-state index in [-0.39, 0.29) is 5.95 Å². The van der Waals surface area contributed by atoms with E-state index in [0.717, 1.165) is 16.8 Å². The molecule has 0 fully saturated rings. The average Bonchev–Trinajstić information content (AvgIpc) is 3.13. The number of imidazole rings is 1. The highest BCUT2D eigenvalue weighted by Crippen LogP contribution is 2.27. The quantitative estimate of drug-likeness (QED) is 0.565. The Morgan fingerprint density at radius 2 is 2.03 bits per heavy atom.